The Hall–Kier alpha value is -2.12. The smallest absolute Gasteiger partial charge is 0.338 e. The van der Waals surface area contributed by atoms with Gasteiger partial charge in [0.05, 0.1) is 21.2 Å². The van der Waals surface area contributed by atoms with Crippen molar-refractivity contribution in [3.63, 3.8) is 0 Å². The van der Waals surface area contributed by atoms with Crippen LogP contribution in [0.4, 0.5) is 11.4 Å². The van der Waals surface area contributed by atoms with Crippen LogP contribution in [0.15, 0.2) is 29.0 Å². The largest absolute Gasteiger partial charge is 0.478 e. The molecule has 0 aliphatic heterocycles. The van der Waals surface area contributed by atoms with Gasteiger partial charge in [0.1, 0.15) is 0 Å². The molecule has 0 fully saturated rings. The molecule has 0 saturated heterocycles. The van der Waals surface area contributed by atoms with Crippen LogP contribution in [0.25, 0.3) is 0 Å². The monoisotopic (exact) mass is 326 g/mol. The number of hydrogen-bond acceptors (Lipinski definition) is 5. The van der Waals surface area contributed by atoms with E-state index in [1.165, 1.54) is 11.3 Å². The number of nitro groups is 1. The molecule has 0 radical (unpaired) electrons. The van der Waals surface area contributed by atoms with Crippen molar-refractivity contribution in [2.45, 2.75) is 13.0 Å². The van der Waals surface area contributed by atoms with Gasteiger partial charge in [-0.25, -0.2) is 4.79 Å². The molecule has 6 nitrogen and oxygen atoms in total. The van der Waals surface area contributed by atoms with Gasteiger partial charge in [0.25, 0.3) is 5.69 Å². The molecule has 0 saturated carbocycles. The number of thiophene rings is 1. The Morgan fingerprint density at radius 2 is 2.24 bits per heavy atom. The number of benzene rings is 1. The second-order valence-electron chi connectivity index (χ2n) is 4.34. The van der Waals surface area contributed by atoms with Gasteiger partial charge in [0.15, 0.2) is 0 Å². The van der Waals surface area contributed by atoms with Crippen molar-refractivity contribution < 1.29 is 14.8 Å². The zero-order valence-electron chi connectivity index (χ0n) is 10.9. The molecule has 21 heavy (non-hydrogen) atoms. The number of nitro benzene ring substituents is 1. The molecule has 1 aromatic heterocycles. The van der Waals surface area contributed by atoms with E-state index < -0.39 is 10.9 Å². The van der Waals surface area contributed by atoms with E-state index in [1.807, 2.05) is 23.8 Å². The molecule has 0 aliphatic carbocycles. The van der Waals surface area contributed by atoms with Gasteiger partial charge in [-0.2, -0.15) is 11.3 Å². The number of aromatic carboxylic acids is 1. The minimum absolute atomic E-state index is 0.00341. The number of nitrogens with zero attached hydrogens (tertiary/aromatic N) is 1. The minimum atomic E-state index is -1.28. The third-order valence-electron chi connectivity index (χ3n) is 2.92. The Labute approximate surface area is 129 Å². The van der Waals surface area contributed by atoms with Crippen molar-refractivity contribution >= 4 is 40.3 Å². The van der Waals surface area contributed by atoms with Gasteiger partial charge >= 0.3 is 5.97 Å². The third-order valence-corrected chi connectivity index (χ3v) is 3.92. The lowest BCUT2D eigenvalue weighted by Gasteiger charge is -2.17. The normalized spacial score (nSPS) is 11.9. The van der Waals surface area contributed by atoms with E-state index in [0.29, 0.717) is 0 Å². The van der Waals surface area contributed by atoms with Crippen LogP contribution in [-0.4, -0.2) is 16.0 Å². The third kappa shape index (κ3) is 3.32. The molecule has 2 rings (SSSR count). The van der Waals surface area contributed by atoms with Gasteiger partial charge in [-0.1, -0.05) is 11.6 Å². The quantitative estimate of drug-likeness (QED) is 0.635. The zero-order chi connectivity index (χ0) is 15.6. The van der Waals surface area contributed by atoms with Crippen molar-refractivity contribution in [1.29, 1.82) is 0 Å². The summed E-state index contributed by atoms with van der Waals surface area (Å²) in [7, 11) is 0. The van der Waals surface area contributed by atoms with Crippen LogP contribution < -0.4 is 5.32 Å². The van der Waals surface area contributed by atoms with Crippen molar-refractivity contribution in [3.05, 3.63) is 55.2 Å². The standard InChI is InChI=1S/C13H11ClN2O4S/c1-7(8-2-3-21-6-8)15-12-10(13(17)18)4-9(16(19)20)5-11(12)14/h2-7,15H,1H3,(H,17,18). The lowest BCUT2D eigenvalue weighted by atomic mass is 10.1. The molecule has 8 heteroatoms. The fraction of sp³-hybridized carbons (Fsp3) is 0.154. The van der Waals surface area contributed by atoms with Gasteiger partial charge < -0.3 is 10.4 Å². The van der Waals surface area contributed by atoms with Crippen LogP contribution in [0.5, 0.6) is 0 Å². The first-order valence-electron chi connectivity index (χ1n) is 5.90. The second kappa shape index (κ2) is 6.11. The number of carboxylic acid groups (broad SMARTS) is 1. The van der Waals surface area contributed by atoms with E-state index in [2.05, 4.69) is 5.32 Å². The number of carbonyl (C=O) groups is 1. The van der Waals surface area contributed by atoms with Crippen LogP contribution in [0.2, 0.25) is 5.02 Å². The van der Waals surface area contributed by atoms with E-state index in [9.17, 15) is 20.0 Å². The molecule has 0 amide bonds. The highest BCUT2D eigenvalue weighted by molar-refractivity contribution is 7.08. The van der Waals surface area contributed by atoms with Crippen molar-refractivity contribution in [2.24, 2.45) is 0 Å². The SMILES string of the molecule is CC(Nc1c(Cl)cc([N+](=O)[O-])cc1C(=O)O)c1ccsc1. The molecule has 1 heterocycles. The summed E-state index contributed by atoms with van der Waals surface area (Å²) in [6.45, 7) is 1.85. The summed E-state index contributed by atoms with van der Waals surface area (Å²) in [5.74, 6) is -1.28. The number of nitrogens with one attached hydrogen (secondary N) is 1. The summed E-state index contributed by atoms with van der Waals surface area (Å²) in [4.78, 5) is 21.4. The second-order valence-corrected chi connectivity index (χ2v) is 5.52. The maximum atomic E-state index is 11.3. The summed E-state index contributed by atoms with van der Waals surface area (Å²) in [5, 5.41) is 26.8. The summed E-state index contributed by atoms with van der Waals surface area (Å²) in [6, 6.07) is 3.86. The van der Waals surface area contributed by atoms with Gasteiger partial charge in [0.2, 0.25) is 0 Å². The maximum absolute atomic E-state index is 11.3. The summed E-state index contributed by atoms with van der Waals surface area (Å²) in [5.41, 5.74) is 0.571. The van der Waals surface area contributed by atoms with Crippen molar-refractivity contribution in [1.82, 2.24) is 0 Å². The predicted octanol–water partition coefficient (Wildman–Crippen LogP) is 4.18. The Morgan fingerprint density at radius 3 is 2.76 bits per heavy atom. The molecule has 0 aliphatic rings. The van der Waals surface area contributed by atoms with Gasteiger partial charge in [0, 0.05) is 18.2 Å². The topological polar surface area (TPSA) is 92.5 Å². The number of carboxylic acids is 1. The van der Waals surface area contributed by atoms with Crippen LogP contribution >= 0.6 is 22.9 Å². The first kappa shape index (κ1) is 15.3. The highest BCUT2D eigenvalue weighted by Crippen LogP contribution is 2.34. The summed E-state index contributed by atoms with van der Waals surface area (Å²) in [6.07, 6.45) is 0. The average Bonchev–Trinajstić information content (AvgIpc) is 2.94. The molecule has 2 aromatic rings. The van der Waals surface area contributed by atoms with E-state index in [4.69, 9.17) is 11.6 Å². The maximum Gasteiger partial charge on any atom is 0.338 e. The fourth-order valence-corrected chi connectivity index (χ4v) is 2.86. The van der Waals surface area contributed by atoms with E-state index in [0.717, 1.165) is 17.7 Å². The van der Waals surface area contributed by atoms with Crippen LogP contribution in [0.3, 0.4) is 0 Å². The van der Waals surface area contributed by atoms with Crippen LogP contribution in [-0.2, 0) is 0 Å². The molecule has 110 valence electrons. The Kier molecular flexibility index (Phi) is 4.44. The number of hydrogen-bond donors (Lipinski definition) is 2. The number of non-ortho nitro benzene ring substituents is 1. The fourth-order valence-electron chi connectivity index (χ4n) is 1.83. The molecule has 0 spiro atoms. The molecular weight excluding hydrogens is 316 g/mol. The number of anilines is 1. The molecule has 1 atom stereocenters. The Bertz CT molecular complexity index is 688. The lowest BCUT2D eigenvalue weighted by molar-refractivity contribution is -0.384. The summed E-state index contributed by atoms with van der Waals surface area (Å²) >= 11 is 7.52. The van der Waals surface area contributed by atoms with Crippen molar-refractivity contribution in [2.75, 3.05) is 5.32 Å². The van der Waals surface area contributed by atoms with E-state index in [1.54, 1.807) is 0 Å². The Balaban J connectivity index is 2.42. The van der Waals surface area contributed by atoms with Gasteiger partial charge in [-0.05, 0) is 29.3 Å². The highest BCUT2D eigenvalue weighted by atomic mass is 35.5. The first-order chi connectivity index (χ1) is 9.90. The van der Waals surface area contributed by atoms with E-state index in [-0.39, 0.29) is 28.0 Å². The van der Waals surface area contributed by atoms with Gasteiger partial charge in [-0.3, -0.25) is 10.1 Å². The first-order valence-corrected chi connectivity index (χ1v) is 7.22. The molecule has 1 unspecified atom stereocenters. The Morgan fingerprint density at radius 1 is 1.52 bits per heavy atom. The van der Waals surface area contributed by atoms with Crippen LogP contribution in [0, 0.1) is 10.1 Å². The molecule has 0 bridgehead atoms. The van der Waals surface area contributed by atoms with Gasteiger partial charge in [-0.15, -0.1) is 0 Å². The predicted molar refractivity (Wildman–Crippen MR) is 81.4 cm³/mol. The van der Waals surface area contributed by atoms with E-state index >= 15 is 0 Å². The number of rotatable bonds is 5. The average molecular weight is 327 g/mol. The van der Waals surface area contributed by atoms with Crippen molar-refractivity contribution in [3.8, 4) is 0 Å². The molecule has 2 N–H and O–H groups in total. The summed E-state index contributed by atoms with van der Waals surface area (Å²) < 4.78 is 0. The molecular formula is C13H11ClN2O4S. The molecule has 1 aromatic carbocycles. The zero-order valence-corrected chi connectivity index (χ0v) is 12.4. The highest BCUT2D eigenvalue weighted by Gasteiger charge is 2.21. The van der Waals surface area contributed by atoms with Crippen LogP contribution in [0.1, 0.15) is 28.9 Å². The minimum Gasteiger partial charge on any atom is -0.478 e. The lowest BCUT2D eigenvalue weighted by Crippen LogP contribution is -2.11. The number of halogens is 1.